The fourth-order valence-corrected chi connectivity index (χ4v) is 4.59. The van der Waals surface area contributed by atoms with Gasteiger partial charge < -0.3 is 5.73 Å². The first-order valence-corrected chi connectivity index (χ1v) is 9.45. The van der Waals surface area contributed by atoms with Gasteiger partial charge in [0.2, 0.25) is 10.0 Å². The molecule has 0 aromatic carbocycles. The maximum atomic E-state index is 12.2. The van der Waals surface area contributed by atoms with Crippen molar-refractivity contribution in [2.75, 3.05) is 18.5 Å². The highest BCUT2D eigenvalue weighted by Gasteiger charge is 2.32. The number of sulfonamides is 1. The topological polar surface area (TPSA) is 85.1 Å². The van der Waals surface area contributed by atoms with Gasteiger partial charge in [-0.2, -0.15) is 11.8 Å². The number of thioether (sulfide) groups is 1. The van der Waals surface area contributed by atoms with Crippen molar-refractivity contribution < 1.29 is 8.42 Å². The molecule has 0 radical (unpaired) electrons. The van der Waals surface area contributed by atoms with Crippen LogP contribution in [-0.4, -0.2) is 30.9 Å². The Morgan fingerprint density at radius 1 is 1.35 bits per heavy atom. The van der Waals surface area contributed by atoms with E-state index in [4.69, 9.17) is 5.73 Å². The summed E-state index contributed by atoms with van der Waals surface area (Å²) < 4.78 is 27.2. The molecule has 1 heterocycles. The maximum absolute atomic E-state index is 12.2. The summed E-state index contributed by atoms with van der Waals surface area (Å²) in [4.78, 5) is 4.00. The highest BCUT2D eigenvalue weighted by molar-refractivity contribution is 8.00. The Morgan fingerprint density at radius 3 is 2.60 bits per heavy atom. The molecular weight excluding hydrogens is 294 g/mol. The van der Waals surface area contributed by atoms with E-state index in [1.54, 1.807) is 11.8 Å². The lowest BCUT2D eigenvalue weighted by molar-refractivity contribution is 0.395. The van der Waals surface area contributed by atoms with E-state index >= 15 is 0 Å². The first-order chi connectivity index (χ1) is 9.47. The van der Waals surface area contributed by atoms with Crippen LogP contribution in [0.25, 0.3) is 0 Å². The summed E-state index contributed by atoms with van der Waals surface area (Å²) >= 11 is 1.77. The first-order valence-electron chi connectivity index (χ1n) is 6.74. The van der Waals surface area contributed by atoms with Crippen molar-refractivity contribution >= 4 is 27.6 Å². The minimum atomic E-state index is -3.51. The molecule has 7 heteroatoms. The Hall–Kier alpha value is -0.790. The summed E-state index contributed by atoms with van der Waals surface area (Å²) in [5.74, 6) is 0.316. The zero-order valence-corrected chi connectivity index (χ0v) is 13.3. The van der Waals surface area contributed by atoms with E-state index in [1.807, 2.05) is 0 Å². The van der Waals surface area contributed by atoms with Crippen molar-refractivity contribution in [3.63, 3.8) is 0 Å². The van der Waals surface area contributed by atoms with E-state index in [9.17, 15) is 8.42 Å². The predicted molar refractivity (Wildman–Crippen MR) is 83.2 cm³/mol. The van der Waals surface area contributed by atoms with Gasteiger partial charge in [-0.1, -0.05) is 19.3 Å². The minimum Gasteiger partial charge on any atom is -0.384 e. The molecule has 1 aromatic rings. The van der Waals surface area contributed by atoms with Crippen LogP contribution in [0.5, 0.6) is 0 Å². The number of nitrogens with zero attached hydrogens (tertiary/aromatic N) is 1. The van der Waals surface area contributed by atoms with Crippen LogP contribution in [0.15, 0.2) is 23.2 Å². The third kappa shape index (κ3) is 3.65. The normalized spacial score (nSPS) is 18.9. The number of nitrogens with one attached hydrogen (secondary N) is 1. The second-order valence-corrected chi connectivity index (χ2v) is 8.23. The first kappa shape index (κ1) is 15.6. The Bertz CT molecular complexity index is 537. The molecule has 2 rings (SSSR count). The fourth-order valence-electron chi connectivity index (χ4n) is 2.51. The van der Waals surface area contributed by atoms with Gasteiger partial charge >= 0.3 is 0 Å². The quantitative estimate of drug-likeness (QED) is 0.868. The van der Waals surface area contributed by atoms with Crippen LogP contribution >= 0.6 is 11.8 Å². The number of anilines is 1. The molecule has 1 aliphatic carbocycles. The van der Waals surface area contributed by atoms with Gasteiger partial charge in [-0.05, 0) is 31.2 Å². The number of pyridine rings is 1. The molecular formula is C13H21N3O2S2. The number of hydrogen-bond acceptors (Lipinski definition) is 5. The maximum Gasteiger partial charge on any atom is 0.242 e. The standard InChI is InChI=1S/C13H21N3O2S2/c1-19-13(7-3-2-4-8-13)10-16-20(17,18)11-5-6-12(14)15-9-11/h5-6,9,16H,2-4,7-8,10H2,1H3,(H2,14,15). The average Bonchev–Trinajstić information content (AvgIpc) is 2.47. The molecule has 0 atom stereocenters. The summed E-state index contributed by atoms with van der Waals surface area (Å²) in [7, 11) is -3.51. The van der Waals surface area contributed by atoms with E-state index in [-0.39, 0.29) is 9.64 Å². The van der Waals surface area contributed by atoms with Crippen LogP contribution in [0.1, 0.15) is 32.1 Å². The molecule has 1 aromatic heterocycles. The molecule has 0 aliphatic heterocycles. The Kier molecular flexibility index (Phi) is 4.93. The molecule has 5 nitrogen and oxygen atoms in total. The van der Waals surface area contributed by atoms with Gasteiger partial charge in [-0.25, -0.2) is 18.1 Å². The number of aromatic nitrogens is 1. The predicted octanol–water partition coefficient (Wildman–Crippen LogP) is 2.01. The Balaban J connectivity index is 2.06. The lowest BCUT2D eigenvalue weighted by atomic mass is 9.88. The van der Waals surface area contributed by atoms with E-state index in [0.717, 1.165) is 12.8 Å². The van der Waals surface area contributed by atoms with Crippen LogP contribution < -0.4 is 10.5 Å². The van der Waals surface area contributed by atoms with Crippen molar-refractivity contribution in [3.05, 3.63) is 18.3 Å². The van der Waals surface area contributed by atoms with Crippen LogP contribution in [0.4, 0.5) is 5.82 Å². The van der Waals surface area contributed by atoms with E-state index < -0.39 is 10.0 Å². The molecule has 0 bridgehead atoms. The average molecular weight is 315 g/mol. The van der Waals surface area contributed by atoms with Crippen molar-refractivity contribution in [2.24, 2.45) is 0 Å². The molecule has 0 amide bonds. The minimum absolute atomic E-state index is 0.0343. The SMILES string of the molecule is CSC1(CNS(=O)(=O)c2ccc(N)nc2)CCCCC1. The van der Waals surface area contributed by atoms with Crippen molar-refractivity contribution in [3.8, 4) is 0 Å². The molecule has 1 saturated carbocycles. The van der Waals surface area contributed by atoms with E-state index in [0.29, 0.717) is 12.4 Å². The Labute approximate surface area is 124 Å². The lowest BCUT2D eigenvalue weighted by Crippen LogP contribution is -2.41. The highest BCUT2D eigenvalue weighted by Crippen LogP contribution is 2.38. The highest BCUT2D eigenvalue weighted by atomic mass is 32.2. The Morgan fingerprint density at radius 2 is 2.05 bits per heavy atom. The van der Waals surface area contributed by atoms with Gasteiger partial charge in [0, 0.05) is 17.5 Å². The molecule has 3 N–H and O–H groups in total. The fraction of sp³-hybridized carbons (Fsp3) is 0.615. The van der Waals surface area contributed by atoms with Gasteiger partial charge in [0.25, 0.3) is 0 Å². The summed E-state index contributed by atoms with van der Waals surface area (Å²) in [6.45, 7) is 0.473. The smallest absolute Gasteiger partial charge is 0.242 e. The third-order valence-electron chi connectivity index (χ3n) is 3.85. The largest absolute Gasteiger partial charge is 0.384 e. The number of hydrogen-bond donors (Lipinski definition) is 2. The summed E-state index contributed by atoms with van der Waals surface area (Å²) in [6.07, 6.45) is 9.08. The van der Waals surface area contributed by atoms with Crippen LogP contribution in [0, 0.1) is 0 Å². The van der Waals surface area contributed by atoms with Crippen LogP contribution in [0.2, 0.25) is 0 Å². The molecule has 0 saturated heterocycles. The molecule has 1 aliphatic rings. The molecule has 20 heavy (non-hydrogen) atoms. The summed E-state index contributed by atoms with van der Waals surface area (Å²) in [5, 5.41) is 0. The number of nitrogen functional groups attached to an aromatic ring is 1. The van der Waals surface area contributed by atoms with Crippen LogP contribution in [0.3, 0.4) is 0 Å². The van der Waals surface area contributed by atoms with E-state index in [1.165, 1.54) is 37.6 Å². The molecule has 1 fully saturated rings. The van der Waals surface area contributed by atoms with Gasteiger partial charge in [0.1, 0.15) is 10.7 Å². The lowest BCUT2D eigenvalue weighted by Gasteiger charge is -2.35. The van der Waals surface area contributed by atoms with Crippen molar-refractivity contribution in [1.82, 2.24) is 9.71 Å². The zero-order chi connectivity index (χ0) is 14.6. The van der Waals surface area contributed by atoms with E-state index in [2.05, 4.69) is 16.0 Å². The van der Waals surface area contributed by atoms with Gasteiger partial charge in [-0.15, -0.1) is 0 Å². The van der Waals surface area contributed by atoms with Crippen LogP contribution in [-0.2, 0) is 10.0 Å². The summed E-state index contributed by atoms with van der Waals surface area (Å²) in [5.41, 5.74) is 5.47. The van der Waals surface area contributed by atoms with Gasteiger partial charge in [0.05, 0.1) is 0 Å². The van der Waals surface area contributed by atoms with Gasteiger partial charge in [0.15, 0.2) is 0 Å². The van der Waals surface area contributed by atoms with Crippen molar-refractivity contribution in [1.29, 1.82) is 0 Å². The second-order valence-electron chi connectivity index (χ2n) is 5.19. The molecule has 0 spiro atoms. The molecule has 0 unspecified atom stereocenters. The number of rotatable bonds is 5. The van der Waals surface area contributed by atoms with Crippen molar-refractivity contribution in [2.45, 2.75) is 41.7 Å². The molecule has 112 valence electrons. The second kappa shape index (κ2) is 6.32. The zero-order valence-electron chi connectivity index (χ0n) is 11.6. The van der Waals surface area contributed by atoms with Gasteiger partial charge in [-0.3, -0.25) is 0 Å². The number of nitrogens with two attached hydrogens (primary N) is 1. The summed E-state index contributed by atoms with van der Waals surface area (Å²) in [6, 6.07) is 2.98. The monoisotopic (exact) mass is 315 g/mol. The third-order valence-corrected chi connectivity index (χ3v) is 6.66.